The van der Waals surface area contributed by atoms with Gasteiger partial charge in [-0.25, -0.2) is 0 Å². The molecule has 0 aromatic heterocycles. The van der Waals surface area contributed by atoms with Crippen LogP contribution in [0.4, 0.5) is 0 Å². The summed E-state index contributed by atoms with van der Waals surface area (Å²) in [6.07, 6.45) is 0. The van der Waals surface area contributed by atoms with Crippen molar-refractivity contribution >= 4 is 0 Å². The van der Waals surface area contributed by atoms with Crippen LogP contribution in [0.3, 0.4) is 0 Å². The molecule has 2 aromatic carbocycles. The van der Waals surface area contributed by atoms with Crippen molar-refractivity contribution in [2.24, 2.45) is 0 Å². The average molecular weight is 331 g/mol. The zero-order valence-corrected chi connectivity index (χ0v) is 15.8. The van der Waals surface area contributed by atoms with Crippen molar-refractivity contribution < 1.29 is 0 Å². The fourth-order valence-electron chi connectivity index (χ4n) is 1.96. The molecule has 24 heavy (non-hydrogen) atoms. The molecule has 0 aliphatic rings. The molecule has 0 bridgehead atoms. The lowest BCUT2D eigenvalue weighted by Gasteiger charge is -2.07. The van der Waals surface area contributed by atoms with Crippen LogP contribution < -0.4 is 0 Å². The van der Waals surface area contributed by atoms with E-state index < -0.39 is 0 Å². The van der Waals surface area contributed by atoms with Gasteiger partial charge in [-0.15, -0.1) is 0 Å². The largest absolute Gasteiger partial charge is 0.0776 e. The summed E-state index contributed by atoms with van der Waals surface area (Å²) in [5.74, 6) is 1.31. The Hall–Kier alpha value is -1.56. The van der Waals surface area contributed by atoms with Crippen LogP contribution in [0.15, 0.2) is 48.5 Å². The third-order valence-electron chi connectivity index (χ3n) is 3.66. The first-order chi connectivity index (χ1) is 10.4. The minimum Gasteiger partial charge on any atom is -0.0776 e. The molecule has 0 amide bonds. The lowest BCUT2D eigenvalue weighted by molar-refractivity contribution is 0.864. The smallest absolute Gasteiger partial charge is 0.0219 e. The lowest BCUT2D eigenvalue weighted by Crippen LogP contribution is -1.89. The van der Waals surface area contributed by atoms with E-state index in [1.165, 1.54) is 22.3 Å². The summed E-state index contributed by atoms with van der Waals surface area (Å²) in [7, 11) is 0. The maximum atomic E-state index is 2.28. The van der Waals surface area contributed by atoms with Crippen LogP contribution in [-0.2, 0) is 0 Å². The second-order valence-corrected chi connectivity index (χ2v) is 6.06. The molecule has 138 valence electrons. The first-order valence-corrected chi connectivity index (χ1v) is 8.54. The second kappa shape index (κ2) is 15.0. The van der Waals surface area contributed by atoms with Gasteiger partial charge in [-0.05, 0) is 47.9 Å². The van der Waals surface area contributed by atoms with Crippen LogP contribution in [0.5, 0.6) is 0 Å². The van der Waals surface area contributed by atoms with Gasteiger partial charge in [0.25, 0.3) is 0 Å². The molecule has 0 unspecified atom stereocenters. The number of benzene rings is 2. The summed E-state index contributed by atoms with van der Waals surface area (Å²) in [5.41, 5.74) is 5.64. The van der Waals surface area contributed by atoms with Gasteiger partial charge >= 0.3 is 0 Å². The monoisotopic (exact) mass is 330 g/mol. The molecule has 0 heteroatoms. The fraction of sp³-hybridized carbons (Fsp3) is 0.500. The van der Waals surface area contributed by atoms with Gasteiger partial charge in [0.1, 0.15) is 0 Å². The normalized spacial score (nSPS) is 8.92. The molecular formula is C24H42. The molecule has 2 rings (SSSR count). The van der Waals surface area contributed by atoms with Gasteiger partial charge in [0.15, 0.2) is 0 Å². The Morgan fingerprint density at radius 3 is 1.38 bits per heavy atom. The molecule has 0 radical (unpaired) electrons. The Labute approximate surface area is 153 Å². The van der Waals surface area contributed by atoms with E-state index in [9.17, 15) is 0 Å². The van der Waals surface area contributed by atoms with E-state index in [4.69, 9.17) is 0 Å². The van der Waals surface area contributed by atoms with Gasteiger partial charge < -0.3 is 0 Å². The van der Waals surface area contributed by atoms with Gasteiger partial charge in [-0.3, -0.25) is 0 Å². The van der Waals surface area contributed by atoms with Crippen molar-refractivity contribution in [3.63, 3.8) is 0 Å². The quantitative estimate of drug-likeness (QED) is 0.517. The van der Waals surface area contributed by atoms with E-state index in [1.54, 1.807) is 0 Å². The minimum absolute atomic E-state index is 0. The predicted molar refractivity (Wildman–Crippen MR) is 115 cm³/mol. The predicted octanol–water partition coefficient (Wildman–Crippen LogP) is 8.54. The molecule has 0 N–H and O–H groups in total. The first-order valence-electron chi connectivity index (χ1n) is 8.54. The zero-order chi connectivity index (χ0) is 17.1. The number of hydrogen-bond acceptors (Lipinski definition) is 0. The molecule has 0 saturated carbocycles. The number of aryl methyl sites for hydroxylation is 2. The highest BCUT2D eigenvalue weighted by Gasteiger charge is 1.99. The van der Waals surface area contributed by atoms with Crippen LogP contribution >= 0.6 is 0 Å². The maximum absolute atomic E-state index is 2.28. The van der Waals surface area contributed by atoms with E-state index in [0.717, 1.165) is 0 Å². The Kier molecular flexibility index (Phi) is 17.1. The summed E-state index contributed by atoms with van der Waals surface area (Å²) in [5, 5.41) is 0. The van der Waals surface area contributed by atoms with Crippen molar-refractivity contribution in [2.45, 2.75) is 82.1 Å². The maximum Gasteiger partial charge on any atom is -0.0219 e. The molecule has 0 aliphatic heterocycles. The number of hydrogen-bond donors (Lipinski definition) is 0. The van der Waals surface area contributed by atoms with Gasteiger partial charge in [0.2, 0.25) is 0 Å². The Bertz CT molecular complexity index is 507. The summed E-state index contributed by atoms with van der Waals surface area (Å²) in [6, 6.07) is 17.2. The van der Waals surface area contributed by atoms with Crippen molar-refractivity contribution in [3.8, 4) is 0 Å². The van der Waals surface area contributed by atoms with Crippen molar-refractivity contribution in [3.05, 3.63) is 70.8 Å². The lowest BCUT2D eigenvalue weighted by atomic mass is 9.99. The van der Waals surface area contributed by atoms with Gasteiger partial charge in [-0.2, -0.15) is 0 Å². The van der Waals surface area contributed by atoms with Crippen LogP contribution in [0.1, 0.15) is 90.5 Å². The Morgan fingerprint density at radius 2 is 1.04 bits per heavy atom. The average Bonchev–Trinajstić information content (AvgIpc) is 2.53. The molecule has 0 nitrogen and oxygen atoms in total. The second-order valence-electron chi connectivity index (χ2n) is 6.06. The van der Waals surface area contributed by atoms with Crippen LogP contribution in [-0.4, -0.2) is 0 Å². The molecule has 0 saturated heterocycles. The van der Waals surface area contributed by atoms with Gasteiger partial charge in [0.05, 0.1) is 0 Å². The molecular weight excluding hydrogens is 288 g/mol. The summed E-state index contributed by atoms with van der Waals surface area (Å²) in [6.45, 7) is 17.2. The minimum atomic E-state index is 0. The summed E-state index contributed by atoms with van der Waals surface area (Å²) >= 11 is 0. The van der Waals surface area contributed by atoms with E-state index >= 15 is 0 Å². The molecule has 2 aromatic rings. The molecule has 0 atom stereocenters. The third-order valence-corrected chi connectivity index (χ3v) is 3.66. The molecule has 0 spiro atoms. The highest BCUT2D eigenvalue weighted by atomic mass is 14.0. The third kappa shape index (κ3) is 10.3. The molecule has 0 heterocycles. The highest BCUT2D eigenvalue weighted by Crippen LogP contribution is 2.17. The van der Waals surface area contributed by atoms with Crippen molar-refractivity contribution in [1.29, 1.82) is 0 Å². The van der Waals surface area contributed by atoms with E-state index in [-0.39, 0.29) is 14.9 Å². The van der Waals surface area contributed by atoms with Crippen LogP contribution in [0, 0.1) is 13.8 Å². The van der Waals surface area contributed by atoms with Crippen LogP contribution in [0.2, 0.25) is 0 Å². The van der Waals surface area contributed by atoms with Gasteiger partial charge in [-0.1, -0.05) is 105 Å². The zero-order valence-electron chi connectivity index (χ0n) is 15.8. The molecule has 0 fully saturated rings. The highest BCUT2D eigenvalue weighted by molar-refractivity contribution is 5.31. The van der Waals surface area contributed by atoms with Gasteiger partial charge in [0, 0.05) is 0 Å². The standard InChI is InChI=1S/C11H16.C9H12.C2H6.2CH4/c1-8(2)11-6-5-9(3)10(4)7-11;1-8(2)9-6-4-3-5-7-9;1-2;;/h5-8H,1-4H3;3-8H,1-2H3;1-2H3;2*1H4. The Morgan fingerprint density at radius 1 is 0.583 bits per heavy atom. The number of rotatable bonds is 2. The topological polar surface area (TPSA) is 0 Å². The summed E-state index contributed by atoms with van der Waals surface area (Å²) in [4.78, 5) is 0. The first kappa shape index (κ1) is 27.3. The Balaban J connectivity index is -0.000000313. The van der Waals surface area contributed by atoms with Crippen molar-refractivity contribution in [2.75, 3.05) is 0 Å². The SMILES string of the molecule is C.C.CC.CC(C)c1ccccc1.Cc1ccc(C(C)C)cc1C. The van der Waals surface area contributed by atoms with Crippen LogP contribution in [0.25, 0.3) is 0 Å². The molecule has 0 aliphatic carbocycles. The van der Waals surface area contributed by atoms with E-state index in [2.05, 4.69) is 84.0 Å². The summed E-state index contributed by atoms with van der Waals surface area (Å²) < 4.78 is 0. The fourth-order valence-corrected chi connectivity index (χ4v) is 1.96. The van der Waals surface area contributed by atoms with E-state index in [1.807, 2.05) is 19.9 Å². The van der Waals surface area contributed by atoms with E-state index in [0.29, 0.717) is 11.8 Å². The van der Waals surface area contributed by atoms with Crippen molar-refractivity contribution in [1.82, 2.24) is 0 Å².